The first-order valence-electron chi connectivity index (χ1n) is 8.12. The molecule has 23 heavy (non-hydrogen) atoms. The van der Waals surface area contributed by atoms with Gasteiger partial charge in [-0.15, -0.1) is 12.4 Å². The molecule has 0 saturated carbocycles. The maximum absolute atomic E-state index is 12.2. The van der Waals surface area contributed by atoms with Gasteiger partial charge in [0.1, 0.15) is 0 Å². The first kappa shape index (κ1) is 18.9. The summed E-state index contributed by atoms with van der Waals surface area (Å²) in [6, 6.07) is 3.90. The number of nitrogens with one attached hydrogen (secondary N) is 2. The normalized spacial score (nSPS) is 20.7. The lowest BCUT2D eigenvalue weighted by Gasteiger charge is -2.22. The quantitative estimate of drug-likeness (QED) is 0.821. The number of carbonyl (C=O) groups is 1. The van der Waals surface area contributed by atoms with E-state index < -0.39 is 0 Å². The highest BCUT2D eigenvalue weighted by atomic mass is 35.5. The Morgan fingerprint density at radius 3 is 2.70 bits per heavy atom. The largest absolute Gasteiger partial charge is 0.349 e. The highest BCUT2D eigenvalue weighted by Crippen LogP contribution is 2.39. The number of carbonyl (C=O) groups excluding carboxylic acids is 1. The molecule has 1 heterocycles. The van der Waals surface area contributed by atoms with Crippen LogP contribution in [0.1, 0.15) is 49.3 Å². The van der Waals surface area contributed by atoms with Crippen molar-refractivity contribution in [3.05, 3.63) is 33.3 Å². The average molecular weight is 378 g/mol. The van der Waals surface area contributed by atoms with E-state index in [0.29, 0.717) is 22.4 Å². The van der Waals surface area contributed by atoms with Crippen molar-refractivity contribution in [2.45, 2.75) is 44.6 Å². The fraction of sp³-hybridized carbons (Fsp3) is 0.588. The monoisotopic (exact) mass is 376 g/mol. The second-order valence-corrected chi connectivity index (χ2v) is 7.11. The molecule has 3 rings (SSSR count). The Bertz CT molecular complexity index is 559. The zero-order valence-corrected chi connectivity index (χ0v) is 15.4. The summed E-state index contributed by atoms with van der Waals surface area (Å²) < 4.78 is 0. The lowest BCUT2D eigenvalue weighted by molar-refractivity contribution is -0.122. The van der Waals surface area contributed by atoms with Crippen molar-refractivity contribution in [3.8, 4) is 0 Å². The van der Waals surface area contributed by atoms with Crippen LogP contribution >= 0.6 is 35.6 Å². The van der Waals surface area contributed by atoms with Gasteiger partial charge in [-0.3, -0.25) is 4.79 Å². The number of rotatable bonds is 4. The first-order valence-corrected chi connectivity index (χ1v) is 8.87. The van der Waals surface area contributed by atoms with Crippen molar-refractivity contribution in [1.29, 1.82) is 0 Å². The molecule has 1 aromatic carbocycles. The molecule has 0 aromatic heterocycles. The minimum absolute atomic E-state index is 0. The van der Waals surface area contributed by atoms with Crippen LogP contribution in [0.5, 0.6) is 0 Å². The van der Waals surface area contributed by atoms with Crippen molar-refractivity contribution < 1.29 is 4.79 Å². The van der Waals surface area contributed by atoms with Gasteiger partial charge in [0, 0.05) is 6.42 Å². The molecule has 3 nitrogen and oxygen atoms in total. The van der Waals surface area contributed by atoms with Crippen LogP contribution in [-0.2, 0) is 11.2 Å². The molecule has 1 aromatic rings. The van der Waals surface area contributed by atoms with Crippen molar-refractivity contribution in [2.24, 2.45) is 5.92 Å². The van der Waals surface area contributed by atoms with E-state index in [1.165, 1.54) is 12.8 Å². The molecular weight excluding hydrogens is 355 g/mol. The van der Waals surface area contributed by atoms with E-state index in [4.69, 9.17) is 23.2 Å². The number of piperidine rings is 1. The van der Waals surface area contributed by atoms with Gasteiger partial charge in [-0.1, -0.05) is 29.3 Å². The zero-order valence-electron chi connectivity index (χ0n) is 13.0. The van der Waals surface area contributed by atoms with Crippen molar-refractivity contribution in [1.82, 2.24) is 10.6 Å². The topological polar surface area (TPSA) is 41.1 Å². The molecule has 1 aliphatic carbocycles. The van der Waals surface area contributed by atoms with Gasteiger partial charge in [0.2, 0.25) is 5.91 Å². The minimum Gasteiger partial charge on any atom is -0.349 e. The molecule has 1 atom stereocenters. The fourth-order valence-electron chi connectivity index (χ4n) is 3.55. The molecule has 2 N–H and O–H groups in total. The zero-order chi connectivity index (χ0) is 15.5. The van der Waals surface area contributed by atoms with Crippen LogP contribution in [0.3, 0.4) is 0 Å². The Labute approximate surface area is 153 Å². The van der Waals surface area contributed by atoms with Crippen LogP contribution in [0, 0.1) is 5.92 Å². The summed E-state index contributed by atoms with van der Waals surface area (Å²) in [7, 11) is 0. The second kappa shape index (κ2) is 8.57. The number of fused-ring (bicyclic) bond motifs is 1. The molecule has 1 amide bonds. The van der Waals surface area contributed by atoms with Gasteiger partial charge in [-0.05, 0) is 68.3 Å². The van der Waals surface area contributed by atoms with Crippen molar-refractivity contribution >= 4 is 41.5 Å². The number of benzene rings is 1. The van der Waals surface area contributed by atoms with Crippen molar-refractivity contribution in [3.63, 3.8) is 0 Å². The SMILES string of the molecule is Cl.O=C(CCC1CCNCC1)NC1CCc2c1ccc(Cl)c2Cl. The Morgan fingerprint density at radius 1 is 1.22 bits per heavy atom. The third-order valence-electron chi connectivity index (χ3n) is 4.86. The van der Waals surface area contributed by atoms with Gasteiger partial charge in [-0.2, -0.15) is 0 Å². The summed E-state index contributed by atoms with van der Waals surface area (Å²) in [4.78, 5) is 12.2. The third-order valence-corrected chi connectivity index (χ3v) is 5.71. The molecule has 0 spiro atoms. The molecule has 1 fully saturated rings. The maximum Gasteiger partial charge on any atom is 0.220 e. The van der Waals surface area contributed by atoms with Gasteiger partial charge in [0.25, 0.3) is 0 Å². The summed E-state index contributed by atoms with van der Waals surface area (Å²) >= 11 is 12.3. The number of hydrogen-bond acceptors (Lipinski definition) is 2. The van der Waals surface area contributed by atoms with Gasteiger partial charge in [0.15, 0.2) is 0 Å². The van der Waals surface area contributed by atoms with E-state index in [0.717, 1.165) is 43.5 Å². The van der Waals surface area contributed by atoms with Gasteiger partial charge >= 0.3 is 0 Å². The van der Waals surface area contributed by atoms with Gasteiger partial charge < -0.3 is 10.6 Å². The number of amides is 1. The van der Waals surface area contributed by atoms with Crippen LogP contribution < -0.4 is 10.6 Å². The van der Waals surface area contributed by atoms with E-state index in [2.05, 4.69) is 10.6 Å². The van der Waals surface area contributed by atoms with Gasteiger partial charge in [0.05, 0.1) is 16.1 Å². The molecule has 128 valence electrons. The Morgan fingerprint density at radius 2 is 1.96 bits per heavy atom. The second-order valence-electron chi connectivity index (χ2n) is 6.32. The molecule has 0 radical (unpaired) electrons. The summed E-state index contributed by atoms with van der Waals surface area (Å²) in [5.74, 6) is 0.846. The van der Waals surface area contributed by atoms with E-state index >= 15 is 0 Å². The molecule has 1 saturated heterocycles. The van der Waals surface area contributed by atoms with Crippen molar-refractivity contribution in [2.75, 3.05) is 13.1 Å². The predicted molar refractivity (Wildman–Crippen MR) is 97.7 cm³/mol. The average Bonchev–Trinajstić information content (AvgIpc) is 2.93. The lowest BCUT2D eigenvalue weighted by atomic mass is 9.93. The number of halogens is 3. The fourth-order valence-corrected chi connectivity index (χ4v) is 4.00. The van der Waals surface area contributed by atoms with E-state index in [-0.39, 0.29) is 24.4 Å². The number of hydrogen-bond donors (Lipinski definition) is 2. The summed E-state index contributed by atoms with van der Waals surface area (Å²) in [6.45, 7) is 2.17. The smallest absolute Gasteiger partial charge is 0.220 e. The van der Waals surface area contributed by atoms with E-state index in [1.54, 1.807) is 0 Å². The molecule has 1 aliphatic heterocycles. The highest BCUT2D eigenvalue weighted by Gasteiger charge is 2.26. The summed E-state index contributed by atoms with van der Waals surface area (Å²) in [5, 5.41) is 7.76. The third kappa shape index (κ3) is 4.54. The highest BCUT2D eigenvalue weighted by molar-refractivity contribution is 6.42. The summed E-state index contributed by atoms with van der Waals surface area (Å²) in [6.07, 6.45) is 5.79. The molecule has 1 unspecified atom stereocenters. The standard InChI is InChI=1S/C17H22Cl2N2O.ClH/c18-14-4-2-12-13(17(14)19)3-5-15(12)21-16(22)6-1-11-7-9-20-10-8-11;/h2,4,11,15,20H,1,3,5-10H2,(H,21,22);1H. The van der Waals surface area contributed by atoms with E-state index in [9.17, 15) is 4.79 Å². The molecular formula is C17H23Cl3N2O. The Kier molecular flexibility index (Phi) is 7.02. The predicted octanol–water partition coefficient (Wildman–Crippen LogP) is 4.30. The van der Waals surface area contributed by atoms with E-state index in [1.807, 2.05) is 12.1 Å². The first-order chi connectivity index (χ1) is 10.6. The molecule has 2 aliphatic rings. The Hall–Kier alpha value is -0.480. The molecule has 6 heteroatoms. The minimum atomic E-state index is 0. The lowest BCUT2D eigenvalue weighted by Crippen LogP contribution is -2.30. The summed E-state index contributed by atoms with van der Waals surface area (Å²) in [5.41, 5.74) is 2.22. The van der Waals surface area contributed by atoms with Crippen LogP contribution in [0.4, 0.5) is 0 Å². The van der Waals surface area contributed by atoms with Crippen LogP contribution in [0.2, 0.25) is 10.0 Å². The maximum atomic E-state index is 12.2. The van der Waals surface area contributed by atoms with Crippen LogP contribution in [0.25, 0.3) is 0 Å². The van der Waals surface area contributed by atoms with Crippen LogP contribution in [0.15, 0.2) is 12.1 Å². The van der Waals surface area contributed by atoms with Gasteiger partial charge in [-0.25, -0.2) is 0 Å². The molecule has 0 bridgehead atoms. The Balaban J connectivity index is 0.00000192. The van der Waals surface area contributed by atoms with Crippen LogP contribution in [-0.4, -0.2) is 19.0 Å².